The lowest BCUT2D eigenvalue weighted by Gasteiger charge is -2.24. The normalized spacial score (nSPS) is 16.8. The van der Waals surface area contributed by atoms with E-state index < -0.39 is 0 Å². The first-order valence-electron chi connectivity index (χ1n) is 6.81. The first-order valence-corrected chi connectivity index (χ1v) is 6.81. The minimum atomic E-state index is 1.21. The number of likely N-dealkylation sites (tertiary alicyclic amines) is 1. The summed E-state index contributed by atoms with van der Waals surface area (Å²) in [6, 6.07) is 10.8. The number of nitrogens with zero attached hydrogens (tertiary/aromatic N) is 2. The van der Waals surface area contributed by atoms with Crippen molar-refractivity contribution < 1.29 is 0 Å². The Morgan fingerprint density at radius 1 is 1.06 bits per heavy atom. The minimum absolute atomic E-state index is 1.21. The predicted octanol–water partition coefficient (Wildman–Crippen LogP) is 3.63. The number of aromatic nitrogens is 1. The molecule has 0 bridgehead atoms. The molecule has 0 unspecified atom stereocenters. The molecule has 1 aromatic carbocycles. The molecule has 2 heteroatoms. The molecule has 2 heterocycles. The lowest BCUT2D eigenvalue weighted by molar-refractivity contribution is 0.311. The van der Waals surface area contributed by atoms with Crippen LogP contribution in [0.4, 0.5) is 0 Å². The Bertz CT molecular complexity index is 559. The zero-order valence-electron chi connectivity index (χ0n) is 11.0. The van der Waals surface area contributed by atoms with Gasteiger partial charge in [0, 0.05) is 42.9 Å². The lowest BCUT2D eigenvalue weighted by atomic mass is 10.1. The van der Waals surface area contributed by atoms with Crippen LogP contribution in [0.15, 0.2) is 36.5 Å². The van der Waals surface area contributed by atoms with E-state index in [9.17, 15) is 0 Å². The van der Waals surface area contributed by atoms with Gasteiger partial charge in [-0.25, -0.2) is 0 Å². The third-order valence-electron chi connectivity index (χ3n) is 3.84. The fourth-order valence-electron chi connectivity index (χ4n) is 2.72. The number of rotatable bonds is 2. The van der Waals surface area contributed by atoms with Crippen LogP contribution < -0.4 is 0 Å². The van der Waals surface area contributed by atoms with Gasteiger partial charge in [-0.05, 0) is 37.5 Å². The van der Waals surface area contributed by atoms with Gasteiger partial charge in [-0.1, -0.05) is 18.2 Å². The van der Waals surface area contributed by atoms with Crippen LogP contribution in [-0.2, 0) is 7.05 Å². The fraction of sp³-hybridized carbons (Fsp3) is 0.375. The van der Waals surface area contributed by atoms with Crippen molar-refractivity contribution in [3.05, 3.63) is 42.2 Å². The molecular weight excluding hydrogens is 220 g/mol. The largest absolute Gasteiger partial charge is 0.377 e. The maximum Gasteiger partial charge on any atom is 0.0482 e. The first-order chi connectivity index (χ1) is 8.84. The molecule has 0 aliphatic carbocycles. The Hall–Kier alpha value is -1.70. The second-order valence-corrected chi connectivity index (χ2v) is 5.10. The number of piperidine rings is 1. The molecule has 0 amide bonds. The van der Waals surface area contributed by atoms with Crippen LogP contribution in [-0.4, -0.2) is 22.6 Å². The Morgan fingerprint density at radius 2 is 1.83 bits per heavy atom. The molecule has 1 aliphatic rings. The van der Waals surface area contributed by atoms with E-state index in [1.807, 2.05) is 0 Å². The van der Waals surface area contributed by atoms with E-state index in [0.717, 1.165) is 0 Å². The fourth-order valence-corrected chi connectivity index (χ4v) is 2.72. The highest BCUT2D eigenvalue weighted by Gasteiger charge is 2.06. The molecule has 94 valence electrons. The number of benzene rings is 1. The quantitative estimate of drug-likeness (QED) is 0.778. The van der Waals surface area contributed by atoms with Crippen molar-refractivity contribution in [3.8, 4) is 0 Å². The highest BCUT2D eigenvalue weighted by atomic mass is 15.1. The van der Waals surface area contributed by atoms with E-state index in [1.54, 1.807) is 0 Å². The molecule has 1 aliphatic heterocycles. The van der Waals surface area contributed by atoms with Crippen molar-refractivity contribution in [2.75, 3.05) is 13.1 Å². The second kappa shape index (κ2) is 4.89. The summed E-state index contributed by atoms with van der Waals surface area (Å²) < 4.78 is 2.26. The Labute approximate surface area is 109 Å². The van der Waals surface area contributed by atoms with Gasteiger partial charge < -0.3 is 9.47 Å². The Balaban J connectivity index is 1.85. The number of para-hydroxylation sites is 1. The van der Waals surface area contributed by atoms with Crippen molar-refractivity contribution in [3.63, 3.8) is 0 Å². The van der Waals surface area contributed by atoms with Crippen LogP contribution in [0.2, 0.25) is 0 Å². The number of aryl methyl sites for hydroxylation is 1. The summed E-state index contributed by atoms with van der Waals surface area (Å²) in [7, 11) is 2.14. The summed E-state index contributed by atoms with van der Waals surface area (Å²) in [5, 5.41) is 1.32. The predicted molar refractivity (Wildman–Crippen MR) is 77.4 cm³/mol. The van der Waals surface area contributed by atoms with E-state index >= 15 is 0 Å². The second-order valence-electron chi connectivity index (χ2n) is 5.10. The monoisotopic (exact) mass is 240 g/mol. The zero-order chi connectivity index (χ0) is 12.4. The van der Waals surface area contributed by atoms with Gasteiger partial charge in [-0.3, -0.25) is 0 Å². The van der Waals surface area contributed by atoms with Gasteiger partial charge in [0.2, 0.25) is 0 Å². The molecule has 2 nitrogen and oxygen atoms in total. The molecule has 1 saturated heterocycles. The number of hydrogen-bond acceptors (Lipinski definition) is 1. The Morgan fingerprint density at radius 3 is 2.61 bits per heavy atom. The molecule has 18 heavy (non-hydrogen) atoms. The molecule has 0 N–H and O–H groups in total. The van der Waals surface area contributed by atoms with E-state index in [1.165, 1.54) is 48.9 Å². The summed E-state index contributed by atoms with van der Waals surface area (Å²) >= 11 is 0. The Kier molecular flexibility index (Phi) is 3.09. The van der Waals surface area contributed by atoms with Gasteiger partial charge in [0.15, 0.2) is 0 Å². The minimum Gasteiger partial charge on any atom is -0.377 e. The summed E-state index contributed by atoms with van der Waals surface area (Å²) in [5.74, 6) is 0. The highest BCUT2D eigenvalue weighted by molar-refractivity contribution is 5.83. The van der Waals surface area contributed by atoms with E-state index in [0.29, 0.717) is 0 Å². The van der Waals surface area contributed by atoms with Crippen LogP contribution in [0.3, 0.4) is 0 Å². The van der Waals surface area contributed by atoms with Gasteiger partial charge in [-0.15, -0.1) is 0 Å². The number of hydrogen-bond donors (Lipinski definition) is 0. The van der Waals surface area contributed by atoms with Gasteiger partial charge >= 0.3 is 0 Å². The maximum atomic E-state index is 2.43. The smallest absolute Gasteiger partial charge is 0.0482 e. The first kappa shape index (κ1) is 11.4. The topological polar surface area (TPSA) is 8.17 Å². The third kappa shape index (κ3) is 2.15. The van der Waals surface area contributed by atoms with Gasteiger partial charge in [0.1, 0.15) is 0 Å². The molecule has 3 rings (SSSR count). The van der Waals surface area contributed by atoms with Crippen molar-refractivity contribution in [1.82, 2.24) is 9.47 Å². The molecular formula is C16H20N2. The van der Waals surface area contributed by atoms with E-state index in [-0.39, 0.29) is 0 Å². The van der Waals surface area contributed by atoms with E-state index in [2.05, 4.69) is 59.1 Å². The van der Waals surface area contributed by atoms with Crippen LogP contribution in [0, 0.1) is 0 Å². The van der Waals surface area contributed by atoms with Gasteiger partial charge in [0.05, 0.1) is 0 Å². The zero-order valence-corrected chi connectivity index (χ0v) is 11.0. The lowest BCUT2D eigenvalue weighted by Crippen LogP contribution is -2.24. The molecule has 1 aromatic heterocycles. The maximum absolute atomic E-state index is 2.43. The van der Waals surface area contributed by atoms with Crippen LogP contribution in [0.5, 0.6) is 0 Å². The van der Waals surface area contributed by atoms with Crippen LogP contribution >= 0.6 is 0 Å². The SMILES string of the molecule is Cn1c(/C=C/N2CCCCC2)cc2ccccc21. The summed E-state index contributed by atoms with van der Waals surface area (Å²) in [5.41, 5.74) is 2.58. The van der Waals surface area contributed by atoms with Gasteiger partial charge in [-0.2, -0.15) is 0 Å². The summed E-state index contributed by atoms with van der Waals surface area (Å²) in [6.07, 6.45) is 8.55. The molecule has 0 spiro atoms. The average Bonchev–Trinajstić information content (AvgIpc) is 2.75. The average molecular weight is 240 g/mol. The van der Waals surface area contributed by atoms with Crippen molar-refractivity contribution in [2.24, 2.45) is 7.05 Å². The van der Waals surface area contributed by atoms with Crippen LogP contribution in [0.25, 0.3) is 17.0 Å². The molecule has 0 saturated carbocycles. The molecule has 0 radical (unpaired) electrons. The van der Waals surface area contributed by atoms with Crippen molar-refractivity contribution >= 4 is 17.0 Å². The molecule has 1 fully saturated rings. The highest BCUT2D eigenvalue weighted by Crippen LogP contribution is 2.19. The third-order valence-corrected chi connectivity index (χ3v) is 3.84. The summed E-state index contributed by atoms with van der Waals surface area (Å²) in [4.78, 5) is 2.43. The van der Waals surface area contributed by atoms with Gasteiger partial charge in [0.25, 0.3) is 0 Å². The van der Waals surface area contributed by atoms with Crippen molar-refractivity contribution in [2.45, 2.75) is 19.3 Å². The number of fused-ring (bicyclic) bond motifs is 1. The standard InChI is InChI=1S/C16H20N2/c1-17-15(9-12-18-10-5-2-6-11-18)13-14-7-3-4-8-16(14)17/h3-4,7-9,12-13H,2,5-6,10-11H2,1H3/b12-9+. The summed E-state index contributed by atoms with van der Waals surface area (Å²) in [6.45, 7) is 2.42. The van der Waals surface area contributed by atoms with Crippen LogP contribution in [0.1, 0.15) is 25.0 Å². The molecule has 2 aromatic rings. The van der Waals surface area contributed by atoms with E-state index in [4.69, 9.17) is 0 Å². The molecule has 0 atom stereocenters. The van der Waals surface area contributed by atoms with Crippen molar-refractivity contribution in [1.29, 1.82) is 0 Å².